The van der Waals surface area contributed by atoms with E-state index in [1.807, 2.05) is 0 Å². The van der Waals surface area contributed by atoms with Crippen molar-refractivity contribution in [3.05, 3.63) is 67.4 Å². The van der Waals surface area contributed by atoms with E-state index in [2.05, 4.69) is 0 Å². The van der Waals surface area contributed by atoms with E-state index in [0.29, 0.717) is 0 Å². The molecular weight excluding hydrogens is 476 g/mol. The summed E-state index contributed by atoms with van der Waals surface area (Å²) in [6.07, 6.45) is -4.35. The molecule has 0 aliphatic heterocycles. The molecule has 0 aliphatic carbocycles. The molecule has 2 aromatic rings. The zero-order valence-electron chi connectivity index (χ0n) is 17.8. The van der Waals surface area contributed by atoms with Gasteiger partial charge in [0.15, 0.2) is 0 Å². The molecule has 0 amide bonds. The molecule has 0 saturated carbocycles. The second-order valence-electron chi connectivity index (χ2n) is 6.87. The lowest BCUT2D eigenvalue weighted by Gasteiger charge is -2.16. The van der Waals surface area contributed by atoms with E-state index in [1.54, 1.807) is 13.8 Å². The summed E-state index contributed by atoms with van der Waals surface area (Å²) in [5.41, 5.74) is -5.03. The predicted octanol–water partition coefficient (Wildman–Crippen LogP) is 3.21. The lowest BCUT2D eigenvalue weighted by atomic mass is 10.2. The van der Waals surface area contributed by atoms with Gasteiger partial charge in [0.1, 0.15) is 29.6 Å². The Morgan fingerprint density at radius 2 is 1.85 bits per heavy atom. The van der Waals surface area contributed by atoms with Gasteiger partial charge in [0, 0.05) is 19.2 Å². The van der Waals surface area contributed by atoms with Crippen LogP contribution in [-0.2, 0) is 27.5 Å². The van der Waals surface area contributed by atoms with Crippen LogP contribution in [0.2, 0.25) is 5.02 Å². The van der Waals surface area contributed by atoms with Crippen LogP contribution in [0.5, 0.6) is 5.75 Å². The molecule has 0 atom stereocenters. The van der Waals surface area contributed by atoms with E-state index in [9.17, 15) is 31.9 Å². The molecule has 13 heteroatoms. The number of rotatable bonds is 7. The number of aromatic nitrogens is 2. The number of benzene rings is 1. The highest BCUT2D eigenvalue weighted by Gasteiger charge is 2.35. The number of esters is 1. The second kappa shape index (κ2) is 10.1. The normalized spacial score (nSPS) is 12.1. The summed E-state index contributed by atoms with van der Waals surface area (Å²) in [5, 5.41) is -0.270. The smallest absolute Gasteiger partial charge is 0.431 e. The minimum Gasteiger partial charge on any atom is -0.497 e. The first-order valence-corrected chi connectivity index (χ1v) is 9.61. The molecular formula is C20H19ClF4N2O6. The van der Waals surface area contributed by atoms with Crippen molar-refractivity contribution in [1.29, 1.82) is 0 Å². The molecule has 0 radical (unpaired) electrons. The Balaban J connectivity index is 2.48. The van der Waals surface area contributed by atoms with Crippen molar-refractivity contribution in [3.8, 4) is 11.4 Å². The summed E-state index contributed by atoms with van der Waals surface area (Å²) >= 11 is 5.95. The van der Waals surface area contributed by atoms with E-state index < -0.39 is 40.6 Å². The van der Waals surface area contributed by atoms with Gasteiger partial charge in [-0.3, -0.25) is 9.36 Å². The molecule has 0 fully saturated rings. The lowest BCUT2D eigenvalue weighted by molar-refractivity contribution is -0.144. The summed E-state index contributed by atoms with van der Waals surface area (Å²) in [6.45, 7) is 2.90. The third kappa shape index (κ3) is 6.15. The first-order valence-electron chi connectivity index (χ1n) is 9.24. The number of ether oxygens (including phenoxy) is 3. The van der Waals surface area contributed by atoms with Gasteiger partial charge in [0.2, 0.25) is 0 Å². The van der Waals surface area contributed by atoms with Crippen molar-refractivity contribution in [2.24, 2.45) is 7.05 Å². The van der Waals surface area contributed by atoms with E-state index in [-0.39, 0.29) is 44.4 Å². The summed E-state index contributed by atoms with van der Waals surface area (Å²) in [7, 11) is 2.04. The molecule has 0 bridgehead atoms. The van der Waals surface area contributed by atoms with Crippen LogP contribution in [0.25, 0.3) is 5.69 Å². The van der Waals surface area contributed by atoms with Crippen molar-refractivity contribution >= 4 is 17.6 Å². The first-order chi connectivity index (χ1) is 15.3. The van der Waals surface area contributed by atoms with Gasteiger partial charge in [0.05, 0.1) is 30.0 Å². The lowest BCUT2D eigenvalue weighted by Crippen LogP contribution is -2.41. The van der Waals surface area contributed by atoms with Gasteiger partial charge in [-0.05, 0) is 19.9 Å². The van der Waals surface area contributed by atoms with Crippen LogP contribution in [0.1, 0.15) is 19.5 Å². The molecule has 1 heterocycles. The van der Waals surface area contributed by atoms with Gasteiger partial charge in [-0.15, -0.1) is 0 Å². The number of hydrogen-bond donors (Lipinski definition) is 0. The van der Waals surface area contributed by atoms with Crippen LogP contribution in [0.15, 0.2) is 39.6 Å². The Morgan fingerprint density at radius 1 is 1.21 bits per heavy atom. The van der Waals surface area contributed by atoms with Crippen LogP contribution in [0.3, 0.4) is 0 Å². The van der Waals surface area contributed by atoms with Gasteiger partial charge < -0.3 is 14.2 Å². The maximum Gasteiger partial charge on any atom is 0.431 e. The highest BCUT2D eigenvalue weighted by atomic mass is 35.5. The second-order valence-corrected chi connectivity index (χ2v) is 7.27. The van der Waals surface area contributed by atoms with E-state index >= 15 is 0 Å². The van der Waals surface area contributed by atoms with Gasteiger partial charge in [-0.1, -0.05) is 11.6 Å². The van der Waals surface area contributed by atoms with Crippen LogP contribution in [-0.4, -0.2) is 34.9 Å². The molecule has 0 saturated heterocycles. The number of hydrogen-bond acceptors (Lipinski definition) is 6. The molecule has 1 aromatic carbocycles. The average Bonchev–Trinajstić information content (AvgIpc) is 2.68. The van der Waals surface area contributed by atoms with E-state index in [4.69, 9.17) is 25.8 Å². The predicted molar refractivity (Wildman–Crippen MR) is 109 cm³/mol. The highest BCUT2D eigenvalue weighted by molar-refractivity contribution is 6.32. The van der Waals surface area contributed by atoms with Crippen LogP contribution in [0.4, 0.5) is 17.6 Å². The van der Waals surface area contributed by atoms with E-state index in [1.165, 1.54) is 7.11 Å². The van der Waals surface area contributed by atoms with Crippen molar-refractivity contribution < 1.29 is 36.6 Å². The number of nitrogens with zero attached hydrogens (tertiary/aromatic N) is 2. The molecule has 0 N–H and O–H groups in total. The quantitative estimate of drug-likeness (QED) is 0.254. The monoisotopic (exact) mass is 494 g/mol. The SMILES string of the molecule is CO/C(=C/C(=O)OC(C)C)COc1cc(-n2c(=O)cc(C(F)(F)F)n(C)c2=O)c(F)cc1Cl. The fraction of sp³-hybridized carbons (Fsp3) is 0.350. The third-order valence-electron chi connectivity index (χ3n) is 4.12. The molecule has 0 spiro atoms. The third-order valence-corrected chi connectivity index (χ3v) is 4.41. The largest absolute Gasteiger partial charge is 0.497 e. The summed E-state index contributed by atoms with van der Waals surface area (Å²) in [4.78, 5) is 36.4. The van der Waals surface area contributed by atoms with Crippen LogP contribution in [0, 0.1) is 5.82 Å². The zero-order valence-corrected chi connectivity index (χ0v) is 18.6. The van der Waals surface area contributed by atoms with Crippen LogP contribution >= 0.6 is 11.6 Å². The van der Waals surface area contributed by atoms with Crippen molar-refractivity contribution in [2.75, 3.05) is 13.7 Å². The van der Waals surface area contributed by atoms with Crippen molar-refractivity contribution in [1.82, 2.24) is 9.13 Å². The number of halogens is 5. The molecule has 1 aromatic heterocycles. The summed E-state index contributed by atoms with van der Waals surface area (Å²) in [6, 6.07) is 1.76. The van der Waals surface area contributed by atoms with Gasteiger partial charge in [-0.25, -0.2) is 18.5 Å². The Bertz CT molecular complexity index is 1200. The molecule has 33 heavy (non-hydrogen) atoms. The van der Waals surface area contributed by atoms with Gasteiger partial charge >= 0.3 is 17.8 Å². The Morgan fingerprint density at radius 3 is 2.39 bits per heavy atom. The molecule has 0 aliphatic rings. The minimum absolute atomic E-state index is 0.00482. The Labute approximate surface area is 189 Å². The fourth-order valence-electron chi connectivity index (χ4n) is 2.63. The molecule has 180 valence electrons. The Hall–Kier alpha value is -3.28. The van der Waals surface area contributed by atoms with Gasteiger partial charge in [-0.2, -0.15) is 13.2 Å². The fourth-order valence-corrected chi connectivity index (χ4v) is 2.83. The van der Waals surface area contributed by atoms with Gasteiger partial charge in [0.25, 0.3) is 5.56 Å². The summed E-state index contributed by atoms with van der Waals surface area (Å²) < 4.78 is 69.4. The standard InChI is InChI=1S/C20H19ClF4N2O6/c1-10(2)33-18(29)5-11(31-4)9-32-15-7-14(13(22)6-12(15)21)27-17(28)8-16(20(23,24)25)26(3)19(27)30/h5-8,10H,9H2,1-4H3/b11-5+. The number of methoxy groups -OCH3 is 1. The highest BCUT2D eigenvalue weighted by Crippen LogP contribution is 2.30. The molecule has 0 unspecified atom stereocenters. The van der Waals surface area contributed by atoms with E-state index in [0.717, 1.165) is 25.3 Å². The number of alkyl halides is 3. The average molecular weight is 495 g/mol. The van der Waals surface area contributed by atoms with Crippen LogP contribution < -0.4 is 16.0 Å². The summed E-state index contributed by atoms with van der Waals surface area (Å²) in [5.74, 6) is -2.10. The molecule has 8 nitrogen and oxygen atoms in total. The topological polar surface area (TPSA) is 88.8 Å². The first kappa shape index (κ1) is 26.0. The number of carbonyl (C=O) groups is 1. The zero-order chi connectivity index (χ0) is 25.1. The van der Waals surface area contributed by atoms with Crippen molar-refractivity contribution in [2.45, 2.75) is 26.1 Å². The number of carbonyl (C=O) groups excluding carboxylic acids is 1. The van der Waals surface area contributed by atoms with Crippen molar-refractivity contribution in [3.63, 3.8) is 0 Å². The maximum absolute atomic E-state index is 14.5. The molecule has 2 rings (SSSR count). The Kier molecular flexibility index (Phi) is 7.96. The maximum atomic E-state index is 14.5. The minimum atomic E-state index is -4.97.